The van der Waals surface area contributed by atoms with E-state index >= 15 is 0 Å². The van der Waals surface area contributed by atoms with Gasteiger partial charge in [-0.3, -0.25) is 0 Å². The molecule has 78 valence electrons. The first kappa shape index (κ1) is 11.0. The molecule has 6 heteroatoms. The summed E-state index contributed by atoms with van der Waals surface area (Å²) in [4.78, 5) is 0. The zero-order valence-electron chi connectivity index (χ0n) is 7.42. The van der Waals surface area contributed by atoms with Crippen molar-refractivity contribution in [1.82, 2.24) is 9.78 Å². The molecular weight excluding hydrogens is 348 g/mol. The van der Waals surface area contributed by atoms with Crippen LogP contribution in [0.3, 0.4) is 0 Å². The van der Waals surface area contributed by atoms with E-state index in [2.05, 4.69) is 27.7 Å². The summed E-state index contributed by atoms with van der Waals surface area (Å²) in [5.74, 6) is 0.569. The van der Waals surface area contributed by atoms with E-state index in [4.69, 9.17) is 28.9 Å². The van der Waals surface area contributed by atoms with E-state index in [0.717, 1.165) is 9.26 Å². The number of anilines is 1. The molecule has 1 heterocycles. The first-order chi connectivity index (χ1) is 7.09. The lowest BCUT2D eigenvalue weighted by Gasteiger charge is -2.06. The van der Waals surface area contributed by atoms with Gasteiger partial charge in [-0.15, -0.1) is 0 Å². The Labute approximate surface area is 110 Å². The molecule has 0 aliphatic heterocycles. The third kappa shape index (κ3) is 2.07. The Bertz CT molecular complexity index is 510. The Morgan fingerprint density at radius 1 is 1.33 bits per heavy atom. The van der Waals surface area contributed by atoms with Gasteiger partial charge in [-0.05, 0) is 40.8 Å². The highest BCUT2D eigenvalue weighted by Gasteiger charge is 2.09. The third-order valence-electron chi connectivity index (χ3n) is 1.90. The van der Waals surface area contributed by atoms with Crippen molar-refractivity contribution < 1.29 is 0 Å². The lowest BCUT2D eigenvalue weighted by atomic mass is 10.3. The van der Waals surface area contributed by atoms with Gasteiger partial charge in [-0.2, -0.15) is 5.10 Å². The number of halogens is 3. The van der Waals surface area contributed by atoms with Crippen LogP contribution in [0.4, 0.5) is 5.82 Å². The molecule has 0 aliphatic carbocycles. The minimum atomic E-state index is 0.522. The first-order valence-corrected chi connectivity index (χ1v) is 5.87. The summed E-state index contributed by atoms with van der Waals surface area (Å²) in [7, 11) is 0. The lowest BCUT2D eigenvalue weighted by Crippen LogP contribution is -2.02. The quantitative estimate of drug-likeness (QED) is 0.799. The molecule has 0 saturated heterocycles. The van der Waals surface area contributed by atoms with Crippen LogP contribution in [0.25, 0.3) is 5.69 Å². The Kier molecular flexibility index (Phi) is 3.08. The fourth-order valence-corrected chi connectivity index (χ4v) is 2.02. The lowest BCUT2D eigenvalue weighted by molar-refractivity contribution is 0.891. The van der Waals surface area contributed by atoms with E-state index in [1.165, 1.54) is 0 Å². The van der Waals surface area contributed by atoms with Crippen LogP contribution in [0.5, 0.6) is 0 Å². The molecule has 0 bridgehead atoms. The fraction of sp³-hybridized carbons (Fsp3) is 0. The van der Waals surface area contributed by atoms with Crippen molar-refractivity contribution in [3.8, 4) is 5.69 Å². The number of hydrogen-bond donors (Lipinski definition) is 1. The topological polar surface area (TPSA) is 43.8 Å². The Hall–Kier alpha value is -0.460. The van der Waals surface area contributed by atoms with E-state index in [0.29, 0.717) is 15.9 Å². The van der Waals surface area contributed by atoms with Crippen LogP contribution in [0.1, 0.15) is 0 Å². The van der Waals surface area contributed by atoms with Crippen LogP contribution in [0, 0.1) is 3.57 Å². The molecule has 0 spiro atoms. The van der Waals surface area contributed by atoms with Gasteiger partial charge in [0.1, 0.15) is 5.82 Å². The zero-order chi connectivity index (χ0) is 11.0. The second-order valence-electron chi connectivity index (χ2n) is 2.89. The second kappa shape index (κ2) is 4.19. The Balaban J connectivity index is 2.59. The summed E-state index contributed by atoms with van der Waals surface area (Å²) in [5, 5.41) is 5.24. The molecular formula is C9H6Cl2IN3. The number of aromatic nitrogens is 2. The maximum atomic E-state index is 6.04. The van der Waals surface area contributed by atoms with Crippen molar-refractivity contribution in [2.75, 3.05) is 5.73 Å². The zero-order valence-corrected chi connectivity index (χ0v) is 11.1. The van der Waals surface area contributed by atoms with Crippen molar-refractivity contribution in [2.24, 2.45) is 0 Å². The van der Waals surface area contributed by atoms with Gasteiger partial charge in [0.25, 0.3) is 0 Å². The number of nitrogens with zero attached hydrogens (tertiary/aromatic N) is 2. The average molecular weight is 354 g/mol. The molecule has 15 heavy (non-hydrogen) atoms. The van der Waals surface area contributed by atoms with Crippen molar-refractivity contribution >= 4 is 51.6 Å². The van der Waals surface area contributed by atoms with E-state index in [1.54, 1.807) is 29.1 Å². The maximum Gasteiger partial charge on any atom is 0.140 e. The van der Waals surface area contributed by atoms with Gasteiger partial charge in [0, 0.05) is 5.02 Å². The highest BCUT2D eigenvalue weighted by molar-refractivity contribution is 14.1. The second-order valence-corrected chi connectivity index (χ2v) is 4.89. The van der Waals surface area contributed by atoms with E-state index in [1.807, 2.05) is 0 Å². The number of nitrogen functional groups attached to an aromatic ring is 1. The minimum Gasteiger partial charge on any atom is -0.383 e. The monoisotopic (exact) mass is 353 g/mol. The smallest absolute Gasteiger partial charge is 0.140 e. The summed E-state index contributed by atoms with van der Waals surface area (Å²) in [5.41, 5.74) is 6.57. The number of benzene rings is 1. The van der Waals surface area contributed by atoms with Crippen LogP contribution >= 0.6 is 45.8 Å². The van der Waals surface area contributed by atoms with Gasteiger partial charge in [0.05, 0.1) is 20.5 Å². The van der Waals surface area contributed by atoms with Gasteiger partial charge >= 0.3 is 0 Å². The third-order valence-corrected chi connectivity index (χ3v) is 3.27. The molecule has 1 aromatic carbocycles. The van der Waals surface area contributed by atoms with Crippen molar-refractivity contribution in [3.63, 3.8) is 0 Å². The van der Waals surface area contributed by atoms with Crippen molar-refractivity contribution in [2.45, 2.75) is 0 Å². The Morgan fingerprint density at radius 3 is 2.60 bits per heavy atom. The molecule has 0 atom stereocenters. The van der Waals surface area contributed by atoms with E-state index in [-0.39, 0.29) is 0 Å². The molecule has 0 unspecified atom stereocenters. The van der Waals surface area contributed by atoms with E-state index < -0.39 is 0 Å². The largest absolute Gasteiger partial charge is 0.383 e. The van der Waals surface area contributed by atoms with Crippen LogP contribution in [-0.2, 0) is 0 Å². The van der Waals surface area contributed by atoms with Crippen LogP contribution in [0.15, 0.2) is 24.4 Å². The first-order valence-electron chi connectivity index (χ1n) is 4.04. The summed E-state index contributed by atoms with van der Waals surface area (Å²) in [6.07, 6.45) is 1.68. The average Bonchev–Trinajstić information content (AvgIpc) is 2.49. The Morgan fingerprint density at radius 2 is 2.07 bits per heavy atom. The van der Waals surface area contributed by atoms with E-state index in [9.17, 15) is 0 Å². The molecule has 2 aromatic rings. The van der Waals surface area contributed by atoms with Gasteiger partial charge in [0.15, 0.2) is 0 Å². The molecule has 2 N–H and O–H groups in total. The fourth-order valence-electron chi connectivity index (χ4n) is 1.18. The number of nitrogens with two attached hydrogens (primary N) is 1. The summed E-state index contributed by atoms with van der Waals surface area (Å²) in [6.45, 7) is 0. The predicted octanol–water partition coefficient (Wildman–Crippen LogP) is 3.37. The predicted molar refractivity (Wildman–Crippen MR) is 70.7 cm³/mol. The minimum absolute atomic E-state index is 0.522. The standard InChI is InChI=1S/C9H6Cl2IN3/c10-5-1-2-8(6(11)3-5)15-9(13)7(12)4-14-15/h1-4H,13H2. The van der Waals surface area contributed by atoms with Crippen LogP contribution < -0.4 is 5.73 Å². The van der Waals surface area contributed by atoms with Gasteiger partial charge in [-0.25, -0.2) is 4.68 Å². The summed E-state index contributed by atoms with van der Waals surface area (Å²) in [6, 6.07) is 5.19. The SMILES string of the molecule is Nc1c(I)cnn1-c1ccc(Cl)cc1Cl. The molecule has 0 fully saturated rings. The summed E-state index contributed by atoms with van der Waals surface area (Å²) < 4.78 is 2.47. The molecule has 3 nitrogen and oxygen atoms in total. The molecule has 2 rings (SSSR count). The molecule has 0 amide bonds. The van der Waals surface area contributed by atoms with Gasteiger partial charge in [0.2, 0.25) is 0 Å². The molecule has 1 aromatic heterocycles. The maximum absolute atomic E-state index is 6.04. The van der Waals surface area contributed by atoms with Crippen molar-refractivity contribution in [3.05, 3.63) is 38.0 Å². The van der Waals surface area contributed by atoms with Crippen molar-refractivity contribution in [1.29, 1.82) is 0 Å². The molecule has 0 saturated carbocycles. The van der Waals surface area contributed by atoms with Gasteiger partial charge < -0.3 is 5.73 Å². The highest BCUT2D eigenvalue weighted by atomic mass is 127. The normalized spacial score (nSPS) is 10.6. The molecule has 0 radical (unpaired) electrons. The van der Waals surface area contributed by atoms with Gasteiger partial charge in [-0.1, -0.05) is 23.2 Å². The van der Waals surface area contributed by atoms with Crippen LogP contribution in [-0.4, -0.2) is 9.78 Å². The number of rotatable bonds is 1. The van der Waals surface area contributed by atoms with Crippen LogP contribution in [0.2, 0.25) is 10.0 Å². The summed E-state index contributed by atoms with van der Waals surface area (Å²) >= 11 is 14.0. The highest BCUT2D eigenvalue weighted by Crippen LogP contribution is 2.27. The number of hydrogen-bond acceptors (Lipinski definition) is 2. The molecule has 0 aliphatic rings.